The van der Waals surface area contributed by atoms with Crippen molar-refractivity contribution in [2.75, 3.05) is 19.8 Å². The van der Waals surface area contributed by atoms with Crippen LogP contribution in [0.25, 0.3) is 5.82 Å². The van der Waals surface area contributed by atoms with Gasteiger partial charge in [-0.2, -0.15) is 26.6 Å². The first-order valence-electron chi connectivity index (χ1n) is 15.1. The number of alkyl halides is 3. The molecule has 1 saturated carbocycles. The van der Waals surface area contributed by atoms with Crippen molar-refractivity contribution in [3.63, 3.8) is 0 Å². The van der Waals surface area contributed by atoms with Crippen LogP contribution in [0, 0.1) is 11.3 Å². The van der Waals surface area contributed by atoms with Gasteiger partial charge in [-0.1, -0.05) is 17.7 Å². The third kappa shape index (κ3) is 7.94. The number of aromatic nitrogens is 4. The number of halogens is 4. The highest BCUT2D eigenvalue weighted by Crippen LogP contribution is 2.59. The first-order valence-corrected chi connectivity index (χ1v) is 17.0. The van der Waals surface area contributed by atoms with E-state index in [1.807, 2.05) is 18.6 Å². The van der Waals surface area contributed by atoms with Crippen LogP contribution in [0.3, 0.4) is 0 Å². The van der Waals surface area contributed by atoms with Crippen LogP contribution in [-0.2, 0) is 10.0 Å². The molecular formula is C30H34ClF3N6O7S. The lowest BCUT2D eigenvalue weighted by atomic mass is 9.93. The predicted octanol–water partition coefficient (Wildman–Crippen LogP) is 5.48. The summed E-state index contributed by atoms with van der Waals surface area (Å²) in [5, 5.41) is 12.7. The van der Waals surface area contributed by atoms with E-state index in [9.17, 15) is 36.3 Å². The van der Waals surface area contributed by atoms with Crippen LogP contribution >= 0.6 is 11.6 Å². The van der Waals surface area contributed by atoms with Crippen LogP contribution in [0.5, 0.6) is 11.8 Å². The molecule has 4 heterocycles. The van der Waals surface area contributed by atoms with Crippen molar-refractivity contribution < 1.29 is 45.8 Å². The molecule has 3 aromatic heterocycles. The van der Waals surface area contributed by atoms with Crippen molar-refractivity contribution in [3.05, 3.63) is 53.3 Å². The minimum Gasteiger partial charge on any atom is -0.478 e. The molecule has 18 heteroatoms. The van der Waals surface area contributed by atoms with Gasteiger partial charge in [0.1, 0.15) is 5.15 Å². The Hall–Kier alpha value is -4.12. The molecule has 2 amide bonds. The molecule has 1 atom stereocenters. The highest BCUT2D eigenvalue weighted by molar-refractivity contribution is 7.90. The SMILES string of the molecule is CC1(C)CC(CCCOc2cccc(S(=O)(=O)NC(=O)c3ccc(-n4ccc(OCCC5(C(F)(F)F)CC5)n4)nc3Cl)n2)CN1C(=O)O. The molecule has 1 aliphatic heterocycles. The van der Waals surface area contributed by atoms with Crippen molar-refractivity contribution in [2.45, 2.75) is 69.1 Å². The third-order valence-electron chi connectivity index (χ3n) is 8.56. The maximum atomic E-state index is 13.1. The molecular weight excluding hydrogens is 681 g/mol. The monoisotopic (exact) mass is 714 g/mol. The van der Waals surface area contributed by atoms with Crippen LogP contribution in [0.2, 0.25) is 5.15 Å². The molecule has 2 aliphatic rings. The molecule has 0 aromatic carbocycles. The Balaban J connectivity index is 1.13. The molecule has 2 N–H and O–H groups in total. The number of sulfonamides is 1. The summed E-state index contributed by atoms with van der Waals surface area (Å²) in [7, 11) is -4.44. The number of nitrogens with zero attached hydrogens (tertiary/aromatic N) is 5. The molecule has 1 unspecified atom stereocenters. The van der Waals surface area contributed by atoms with Crippen molar-refractivity contribution >= 4 is 33.6 Å². The van der Waals surface area contributed by atoms with Gasteiger partial charge in [-0.25, -0.2) is 19.2 Å². The summed E-state index contributed by atoms with van der Waals surface area (Å²) in [5.74, 6) is -0.642. The van der Waals surface area contributed by atoms with Gasteiger partial charge >= 0.3 is 12.3 Å². The molecule has 260 valence electrons. The van der Waals surface area contributed by atoms with E-state index in [4.69, 9.17) is 21.1 Å². The normalized spacial score (nSPS) is 18.4. The van der Waals surface area contributed by atoms with Crippen LogP contribution in [0.1, 0.15) is 62.7 Å². The van der Waals surface area contributed by atoms with Gasteiger partial charge in [-0.15, -0.1) is 5.10 Å². The van der Waals surface area contributed by atoms with Crippen LogP contribution in [0.15, 0.2) is 47.6 Å². The van der Waals surface area contributed by atoms with Gasteiger partial charge in [0.25, 0.3) is 15.9 Å². The number of hydrogen-bond acceptors (Lipinski definition) is 9. The molecule has 3 aromatic rings. The van der Waals surface area contributed by atoms with Crippen molar-refractivity contribution in [1.29, 1.82) is 0 Å². The number of carboxylic acid groups (broad SMARTS) is 1. The van der Waals surface area contributed by atoms with E-state index < -0.39 is 44.2 Å². The van der Waals surface area contributed by atoms with Crippen molar-refractivity contribution in [2.24, 2.45) is 11.3 Å². The molecule has 0 spiro atoms. The zero-order valence-electron chi connectivity index (χ0n) is 26.0. The van der Waals surface area contributed by atoms with Gasteiger partial charge in [-0.05, 0) is 76.5 Å². The lowest BCUT2D eigenvalue weighted by molar-refractivity contribution is -0.190. The van der Waals surface area contributed by atoms with Crippen molar-refractivity contribution in [1.82, 2.24) is 29.4 Å². The van der Waals surface area contributed by atoms with E-state index in [-0.39, 0.29) is 66.7 Å². The first-order chi connectivity index (χ1) is 22.5. The highest BCUT2D eigenvalue weighted by Gasteiger charge is 2.62. The minimum atomic E-state index is -4.44. The summed E-state index contributed by atoms with van der Waals surface area (Å²) in [5.41, 5.74) is -2.39. The maximum Gasteiger partial charge on any atom is 0.407 e. The van der Waals surface area contributed by atoms with Gasteiger partial charge in [0, 0.05) is 30.4 Å². The number of carbonyl (C=O) groups excluding carboxylic acids is 1. The fourth-order valence-electron chi connectivity index (χ4n) is 5.73. The number of ether oxygens (including phenoxy) is 2. The quantitative estimate of drug-likeness (QED) is 0.171. The number of likely N-dealkylation sites (tertiary alicyclic amines) is 1. The summed E-state index contributed by atoms with van der Waals surface area (Å²) >= 11 is 6.21. The number of carbonyl (C=O) groups is 2. The Bertz CT molecular complexity index is 1780. The Morgan fingerprint density at radius 3 is 2.46 bits per heavy atom. The van der Waals surface area contributed by atoms with E-state index in [2.05, 4.69) is 15.1 Å². The van der Waals surface area contributed by atoms with E-state index in [1.54, 1.807) is 0 Å². The summed E-state index contributed by atoms with van der Waals surface area (Å²) in [6.07, 6.45) is -1.76. The summed E-state index contributed by atoms with van der Waals surface area (Å²) in [6.45, 7) is 4.27. The standard InChI is InChI=1S/C30H34ClF3N6O7S/c1-28(2)17-19(18-39(28)27(42)43)5-4-15-46-22-6-3-7-24(36-22)48(44,45)38-26(41)20-8-9-21(35-25(20)31)40-14-10-23(37-40)47-16-13-29(11-12-29)30(32,33)34/h3,6-10,14,19H,4-5,11-13,15-18H2,1-2H3,(H,38,41)(H,42,43). The fraction of sp³-hybridized carbons (Fsp3) is 0.500. The Labute approximate surface area is 279 Å². The molecule has 48 heavy (non-hydrogen) atoms. The van der Waals surface area contributed by atoms with Gasteiger partial charge in [-0.3, -0.25) is 4.79 Å². The van der Waals surface area contributed by atoms with Gasteiger partial charge in [0.15, 0.2) is 10.8 Å². The lowest BCUT2D eigenvalue weighted by Crippen LogP contribution is -2.41. The third-order valence-corrected chi connectivity index (χ3v) is 10.1. The van der Waals surface area contributed by atoms with E-state index in [0.717, 1.165) is 12.8 Å². The second-order valence-corrected chi connectivity index (χ2v) is 14.5. The number of pyridine rings is 2. The molecule has 2 fully saturated rings. The zero-order valence-corrected chi connectivity index (χ0v) is 27.6. The second kappa shape index (κ2) is 13.4. The number of amides is 2. The van der Waals surface area contributed by atoms with Gasteiger partial charge in [0.2, 0.25) is 11.8 Å². The smallest absolute Gasteiger partial charge is 0.407 e. The molecule has 5 rings (SSSR count). The van der Waals surface area contributed by atoms with Gasteiger partial charge in [0.05, 0.1) is 24.2 Å². The van der Waals surface area contributed by atoms with E-state index in [0.29, 0.717) is 13.0 Å². The van der Waals surface area contributed by atoms with Crippen molar-refractivity contribution in [3.8, 4) is 17.6 Å². The minimum absolute atomic E-state index is 0.0308. The second-order valence-electron chi connectivity index (χ2n) is 12.5. The zero-order chi connectivity index (χ0) is 34.9. The maximum absolute atomic E-state index is 13.1. The summed E-state index contributed by atoms with van der Waals surface area (Å²) in [4.78, 5) is 33.9. The highest BCUT2D eigenvalue weighted by atomic mass is 35.5. The average molecular weight is 715 g/mol. The molecule has 0 radical (unpaired) electrons. The Morgan fingerprint density at radius 2 is 1.81 bits per heavy atom. The number of nitrogens with one attached hydrogen (secondary N) is 1. The first kappa shape index (κ1) is 35.2. The van der Waals surface area contributed by atoms with Crippen LogP contribution in [-0.4, -0.2) is 81.6 Å². The topological polar surface area (TPSA) is 166 Å². The Kier molecular flexibility index (Phi) is 9.83. The van der Waals surface area contributed by atoms with E-state index >= 15 is 0 Å². The van der Waals surface area contributed by atoms with Crippen LogP contribution < -0.4 is 14.2 Å². The molecule has 13 nitrogen and oxygen atoms in total. The van der Waals surface area contributed by atoms with Gasteiger partial charge < -0.3 is 19.5 Å². The average Bonchev–Trinajstić information content (AvgIpc) is 3.55. The predicted molar refractivity (Wildman–Crippen MR) is 165 cm³/mol. The summed E-state index contributed by atoms with van der Waals surface area (Å²) in [6, 6.07) is 8.11. The van der Waals surface area contributed by atoms with E-state index in [1.165, 1.54) is 52.2 Å². The fourth-order valence-corrected chi connectivity index (χ4v) is 6.89. The number of rotatable bonds is 13. The molecule has 0 bridgehead atoms. The largest absolute Gasteiger partial charge is 0.478 e. The molecule has 1 saturated heterocycles. The summed E-state index contributed by atoms with van der Waals surface area (Å²) < 4.78 is 79.5. The Morgan fingerprint density at radius 1 is 1.08 bits per heavy atom. The lowest BCUT2D eigenvalue weighted by Gasteiger charge is -2.28. The molecule has 1 aliphatic carbocycles. The number of hydrogen-bond donors (Lipinski definition) is 2. The van der Waals surface area contributed by atoms with Crippen LogP contribution in [0.4, 0.5) is 18.0 Å².